The minimum atomic E-state index is -1.32. The van der Waals surface area contributed by atoms with Crippen molar-refractivity contribution in [3.63, 3.8) is 0 Å². The van der Waals surface area contributed by atoms with Gasteiger partial charge in [-0.2, -0.15) is 5.26 Å². The van der Waals surface area contributed by atoms with Gasteiger partial charge in [0.25, 0.3) is 0 Å². The monoisotopic (exact) mass is 266 g/mol. The van der Waals surface area contributed by atoms with E-state index in [4.69, 9.17) is 5.26 Å². The Balaban J connectivity index is 2.54. The predicted molar refractivity (Wildman–Crippen MR) is 63.7 cm³/mol. The van der Waals surface area contributed by atoms with Gasteiger partial charge in [-0.15, -0.1) is 0 Å². The Morgan fingerprint density at radius 3 is 2.53 bits per heavy atom. The van der Waals surface area contributed by atoms with E-state index in [1.807, 2.05) is 0 Å². The number of hydrogen-bond acceptors (Lipinski definition) is 3. The van der Waals surface area contributed by atoms with Crippen LogP contribution in [0.15, 0.2) is 12.1 Å². The lowest BCUT2D eigenvalue weighted by Gasteiger charge is -2.33. The largest absolute Gasteiger partial charge is 0.480 e. The maximum atomic E-state index is 13.9. The Morgan fingerprint density at radius 2 is 2.05 bits per heavy atom. The molecule has 1 fully saturated rings. The lowest BCUT2D eigenvalue weighted by Crippen LogP contribution is -2.48. The molecule has 2 rings (SSSR count). The molecule has 1 aromatic carbocycles. The summed E-state index contributed by atoms with van der Waals surface area (Å²) in [5.41, 5.74) is -1.83. The number of carboxylic acids is 1. The first-order valence-corrected chi connectivity index (χ1v) is 5.80. The summed E-state index contributed by atoms with van der Waals surface area (Å²) in [5.74, 6) is -2.94. The van der Waals surface area contributed by atoms with Crippen molar-refractivity contribution in [3.8, 4) is 6.07 Å². The molecule has 19 heavy (non-hydrogen) atoms. The molecule has 1 aliphatic rings. The maximum absolute atomic E-state index is 13.9. The van der Waals surface area contributed by atoms with Gasteiger partial charge >= 0.3 is 5.97 Å². The average Bonchev–Trinajstić information content (AvgIpc) is 2.72. The van der Waals surface area contributed by atoms with Gasteiger partial charge in [0.2, 0.25) is 0 Å². The predicted octanol–water partition coefficient (Wildman–Crippen LogP) is 2.28. The van der Waals surface area contributed by atoms with Gasteiger partial charge in [-0.25, -0.2) is 13.6 Å². The Kier molecular flexibility index (Phi) is 3.14. The van der Waals surface area contributed by atoms with E-state index in [0.29, 0.717) is 12.8 Å². The summed E-state index contributed by atoms with van der Waals surface area (Å²) in [6, 6.07) is 3.49. The number of carbonyl (C=O) groups is 1. The van der Waals surface area contributed by atoms with Crippen LogP contribution in [0.3, 0.4) is 0 Å². The second-order valence-electron chi connectivity index (χ2n) is 4.73. The quantitative estimate of drug-likeness (QED) is 0.891. The molecule has 4 nitrogen and oxygen atoms in total. The zero-order chi connectivity index (χ0) is 14.2. The van der Waals surface area contributed by atoms with E-state index in [1.54, 1.807) is 6.07 Å². The summed E-state index contributed by atoms with van der Waals surface area (Å²) < 4.78 is 27.9. The molecule has 0 amide bonds. The Labute approximate surface area is 108 Å². The Bertz CT molecular complexity index is 559. The van der Waals surface area contributed by atoms with Gasteiger partial charge in [0, 0.05) is 6.54 Å². The van der Waals surface area contributed by atoms with Crippen molar-refractivity contribution >= 4 is 11.7 Å². The molecule has 0 radical (unpaired) electrons. The molecule has 0 aliphatic carbocycles. The first-order valence-electron chi connectivity index (χ1n) is 5.80. The number of rotatable bonds is 2. The van der Waals surface area contributed by atoms with Crippen LogP contribution in [0.4, 0.5) is 14.5 Å². The van der Waals surface area contributed by atoms with Crippen LogP contribution in [0.2, 0.25) is 0 Å². The summed E-state index contributed by atoms with van der Waals surface area (Å²) in [4.78, 5) is 12.5. The molecule has 6 heteroatoms. The van der Waals surface area contributed by atoms with E-state index in [1.165, 1.54) is 11.8 Å². The van der Waals surface area contributed by atoms with Crippen LogP contribution in [-0.4, -0.2) is 23.2 Å². The van der Waals surface area contributed by atoms with Crippen LogP contribution in [-0.2, 0) is 4.79 Å². The first kappa shape index (κ1) is 13.3. The van der Waals surface area contributed by atoms with Crippen LogP contribution in [0.1, 0.15) is 25.3 Å². The molecule has 1 saturated heterocycles. The van der Waals surface area contributed by atoms with E-state index in [-0.39, 0.29) is 17.8 Å². The van der Waals surface area contributed by atoms with E-state index in [0.717, 1.165) is 12.1 Å². The number of hydrogen-bond donors (Lipinski definition) is 1. The molecule has 1 unspecified atom stereocenters. The lowest BCUT2D eigenvalue weighted by atomic mass is 9.98. The number of benzene rings is 1. The highest BCUT2D eigenvalue weighted by atomic mass is 19.1. The van der Waals surface area contributed by atoms with Gasteiger partial charge in [-0.3, -0.25) is 0 Å². The fraction of sp³-hybridized carbons (Fsp3) is 0.385. The summed E-state index contributed by atoms with van der Waals surface area (Å²) in [5, 5.41) is 17.9. The van der Waals surface area contributed by atoms with Gasteiger partial charge in [-0.1, -0.05) is 0 Å². The number of carboxylic acid groups (broad SMARTS) is 1. The van der Waals surface area contributed by atoms with Crippen molar-refractivity contribution in [2.45, 2.75) is 25.3 Å². The fourth-order valence-electron chi connectivity index (χ4n) is 2.43. The topological polar surface area (TPSA) is 64.3 Å². The number of nitriles is 1. The Morgan fingerprint density at radius 1 is 1.47 bits per heavy atom. The van der Waals surface area contributed by atoms with Crippen molar-refractivity contribution in [2.75, 3.05) is 11.4 Å². The van der Waals surface area contributed by atoms with Crippen LogP contribution in [0.5, 0.6) is 0 Å². The summed E-state index contributed by atoms with van der Waals surface area (Å²) in [7, 11) is 0. The first-order chi connectivity index (χ1) is 8.90. The van der Waals surface area contributed by atoms with Crippen LogP contribution >= 0.6 is 0 Å². The number of nitrogens with zero attached hydrogens (tertiary/aromatic N) is 2. The SMILES string of the molecule is CC1(C(=O)O)CCCN1c1c(F)cc(C#N)cc1F. The third-order valence-electron chi connectivity index (χ3n) is 3.52. The molecule has 1 aliphatic heterocycles. The van der Waals surface area contributed by atoms with E-state index >= 15 is 0 Å². The number of aliphatic carboxylic acids is 1. The van der Waals surface area contributed by atoms with Gasteiger partial charge in [0.05, 0.1) is 11.6 Å². The lowest BCUT2D eigenvalue weighted by molar-refractivity contribution is -0.142. The summed E-state index contributed by atoms with van der Waals surface area (Å²) >= 11 is 0. The molecule has 0 saturated carbocycles. The van der Waals surface area contributed by atoms with E-state index in [2.05, 4.69) is 0 Å². The zero-order valence-corrected chi connectivity index (χ0v) is 10.3. The number of halogens is 2. The highest BCUT2D eigenvalue weighted by molar-refractivity contribution is 5.84. The van der Waals surface area contributed by atoms with Gasteiger partial charge in [0.15, 0.2) is 11.6 Å². The van der Waals surface area contributed by atoms with Gasteiger partial charge in [-0.05, 0) is 31.9 Å². The average molecular weight is 266 g/mol. The van der Waals surface area contributed by atoms with E-state index < -0.39 is 23.1 Å². The highest BCUT2D eigenvalue weighted by Gasteiger charge is 2.45. The third kappa shape index (κ3) is 2.01. The minimum Gasteiger partial charge on any atom is -0.480 e. The molecule has 1 atom stereocenters. The molecule has 1 N–H and O–H groups in total. The normalized spacial score (nSPS) is 22.3. The van der Waals surface area contributed by atoms with Crippen LogP contribution in [0.25, 0.3) is 0 Å². The molecule has 1 heterocycles. The third-order valence-corrected chi connectivity index (χ3v) is 3.52. The molecular weight excluding hydrogens is 254 g/mol. The summed E-state index contributed by atoms with van der Waals surface area (Å²) in [6.45, 7) is 1.71. The fourth-order valence-corrected chi connectivity index (χ4v) is 2.43. The number of anilines is 1. The van der Waals surface area contributed by atoms with Crippen LogP contribution in [0, 0.1) is 23.0 Å². The smallest absolute Gasteiger partial charge is 0.329 e. The van der Waals surface area contributed by atoms with Crippen molar-refractivity contribution in [1.82, 2.24) is 0 Å². The summed E-state index contributed by atoms with van der Waals surface area (Å²) in [6.07, 6.45) is 0.864. The molecule has 0 spiro atoms. The van der Waals surface area contributed by atoms with E-state index in [9.17, 15) is 18.7 Å². The highest BCUT2D eigenvalue weighted by Crippen LogP contribution is 2.37. The zero-order valence-electron chi connectivity index (χ0n) is 10.3. The molecule has 100 valence electrons. The van der Waals surface area contributed by atoms with Crippen molar-refractivity contribution in [3.05, 3.63) is 29.3 Å². The molecule has 0 aromatic heterocycles. The minimum absolute atomic E-state index is 0.130. The van der Waals surface area contributed by atoms with Crippen molar-refractivity contribution < 1.29 is 18.7 Å². The second-order valence-corrected chi connectivity index (χ2v) is 4.73. The second kappa shape index (κ2) is 4.50. The molecular formula is C13H12F2N2O2. The van der Waals surface area contributed by atoms with Crippen LogP contribution < -0.4 is 4.90 Å². The van der Waals surface area contributed by atoms with Gasteiger partial charge in [0.1, 0.15) is 11.2 Å². The Hall–Kier alpha value is -2.16. The maximum Gasteiger partial charge on any atom is 0.329 e. The molecule has 0 bridgehead atoms. The standard InChI is InChI=1S/C13H12F2N2O2/c1-13(12(18)19)3-2-4-17(13)11-9(14)5-8(7-16)6-10(11)15/h5-6H,2-4H2,1H3,(H,18,19). The van der Waals surface area contributed by atoms with Crippen molar-refractivity contribution in [1.29, 1.82) is 5.26 Å². The van der Waals surface area contributed by atoms with Crippen molar-refractivity contribution in [2.24, 2.45) is 0 Å². The van der Waals surface area contributed by atoms with Gasteiger partial charge < -0.3 is 10.0 Å². The molecule has 1 aromatic rings.